The van der Waals surface area contributed by atoms with Crippen molar-refractivity contribution >= 4 is 5.91 Å². The Morgan fingerprint density at radius 1 is 1.50 bits per heavy atom. The Hall–Kier alpha value is -1.62. The molecule has 1 rings (SSSR count). The zero-order valence-electron chi connectivity index (χ0n) is 10.7. The molecule has 0 radical (unpaired) electrons. The summed E-state index contributed by atoms with van der Waals surface area (Å²) >= 11 is 0. The SMILES string of the molecule is COc1cc(C(=O)NCC(O)C(C)C)ccc1F. The average molecular weight is 255 g/mol. The first-order valence-corrected chi connectivity index (χ1v) is 5.75. The Morgan fingerprint density at radius 3 is 2.72 bits per heavy atom. The minimum absolute atomic E-state index is 0.0204. The number of hydrogen-bond donors (Lipinski definition) is 2. The number of aliphatic hydroxyl groups is 1. The van der Waals surface area contributed by atoms with Gasteiger partial charge >= 0.3 is 0 Å². The minimum atomic E-state index is -0.601. The third kappa shape index (κ3) is 3.70. The normalized spacial score (nSPS) is 12.3. The standard InChI is InChI=1S/C13H18FNO3/c1-8(2)11(16)7-15-13(17)9-4-5-10(14)12(6-9)18-3/h4-6,8,11,16H,7H2,1-3H3,(H,15,17). The van der Waals surface area contributed by atoms with E-state index in [9.17, 15) is 14.3 Å². The highest BCUT2D eigenvalue weighted by Gasteiger charge is 2.13. The van der Waals surface area contributed by atoms with Gasteiger partial charge < -0.3 is 15.2 Å². The van der Waals surface area contributed by atoms with Crippen molar-refractivity contribution in [1.29, 1.82) is 0 Å². The van der Waals surface area contributed by atoms with Crippen LogP contribution in [0.1, 0.15) is 24.2 Å². The number of amides is 1. The number of ether oxygens (including phenoxy) is 1. The summed E-state index contributed by atoms with van der Waals surface area (Å²) in [5, 5.41) is 12.2. The molecule has 0 saturated heterocycles. The third-order valence-electron chi connectivity index (χ3n) is 2.65. The zero-order chi connectivity index (χ0) is 13.7. The van der Waals surface area contributed by atoms with E-state index in [1.807, 2.05) is 13.8 Å². The van der Waals surface area contributed by atoms with Crippen LogP contribution in [0.5, 0.6) is 5.75 Å². The van der Waals surface area contributed by atoms with E-state index in [0.717, 1.165) is 0 Å². The van der Waals surface area contributed by atoms with Crippen molar-refractivity contribution in [3.05, 3.63) is 29.6 Å². The lowest BCUT2D eigenvalue weighted by atomic mass is 10.1. The van der Waals surface area contributed by atoms with Crippen LogP contribution in [-0.2, 0) is 0 Å². The van der Waals surface area contributed by atoms with Crippen LogP contribution in [0.25, 0.3) is 0 Å². The molecule has 0 aliphatic carbocycles. The summed E-state index contributed by atoms with van der Waals surface area (Å²) in [5.74, 6) is -0.802. The number of benzene rings is 1. The van der Waals surface area contributed by atoms with Crippen LogP contribution in [0.2, 0.25) is 0 Å². The van der Waals surface area contributed by atoms with Crippen molar-refractivity contribution < 1.29 is 19.0 Å². The molecule has 1 atom stereocenters. The van der Waals surface area contributed by atoms with Gasteiger partial charge in [-0.3, -0.25) is 4.79 Å². The molecule has 0 aromatic heterocycles. The van der Waals surface area contributed by atoms with Crippen LogP contribution in [0.3, 0.4) is 0 Å². The number of carbonyl (C=O) groups excluding carboxylic acids is 1. The fourth-order valence-electron chi connectivity index (χ4n) is 1.34. The topological polar surface area (TPSA) is 58.6 Å². The number of methoxy groups -OCH3 is 1. The van der Waals surface area contributed by atoms with Gasteiger partial charge in [-0.2, -0.15) is 0 Å². The second-order valence-electron chi connectivity index (χ2n) is 4.37. The Balaban J connectivity index is 2.67. The lowest BCUT2D eigenvalue weighted by molar-refractivity contribution is 0.0871. The molecule has 0 bridgehead atoms. The lowest BCUT2D eigenvalue weighted by Gasteiger charge is -2.15. The summed E-state index contributed by atoms with van der Waals surface area (Å²) in [6, 6.07) is 3.87. The van der Waals surface area contributed by atoms with E-state index < -0.39 is 11.9 Å². The van der Waals surface area contributed by atoms with Crippen molar-refractivity contribution in [3.8, 4) is 5.75 Å². The zero-order valence-corrected chi connectivity index (χ0v) is 10.7. The fourth-order valence-corrected chi connectivity index (χ4v) is 1.34. The lowest BCUT2D eigenvalue weighted by Crippen LogP contribution is -2.34. The molecule has 4 nitrogen and oxygen atoms in total. The molecule has 1 amide bonds. The number of nitrogens with one attached hydrogen (secondary N) is 1. The van der Waals surface area contributed by atoms with Crippen LogP contribution in [-0.4, -0.2) is 30.8 Å². The Morgan fingerprint density at radius 2 is 2.17 bits per heavy atom. The fraction of sp³-hybridized carbons (Fsp3) is 0.462. The number of rotatable bonds is 5. The van der Waals surface area contributed by atoms with Gasteiger partial charge in [0.25, 0.3) is 5.91 Å². The van der Waals surface area contributed by atoms with Crippen LogP contribution in [0.4, 0.5) is 4.39 Å². The summed E-state index contributed by atoms with van der Waals surface area (Å²) in [7, 11) is 1.34. The Labute approximate surface area is 106 Å². The molecule has 0 spiro atoms. The second kappa shape index (κ2) is 6.35. The van der Waals surface area contributed by atoms with E-state index in [-0.39, 0.29) is 24.1 Å². The molecule has 0 fully saturated rings. The molecule has 1 unspecified atom stereocenters. The molecule has 5 heteroatoms. The van der Waals surface area contributed by atoms with Gasteiger partial charge in [0.2, 0.25) is 0 Å². The highest BCUT2D eigenvalue weighted by Crippen LogP contribution is 2.18. The van der Waals surface area contributed by atoms with Crippen LogP contribution >= 0.6 is 0 Å². The average Bonchev–Trinajstić information content (AvgIpc) is 2.35. The van der Waals surface area contributed by atoms with Crippen molar-refractivity contribution in [2.75, 3.05) is 13.7 Å². The largest absolute Gasteiger partial charge is 0.494 e. The van der Waals surface area contributed by atoms with E-state index in [2.05, 4.69) is 5.32 Å². The first kappa shape index (κ1) is 14.4. The van der Waals surface area contributed by atoms with Crippen molar-refractivity contribution in [2.45, 2.75) is 20.0 Å². The molecule has 1 aromatic carbocycles. The van der Waals surface area contributed by atoms with Crippen molar-refractivity contribution in [2.24, 2.45) is 5.92 Å². The summed E-state index contributed by atoms with van der Waals surface area (Å²) in [4.78, 5) is 11.8. The maximum absolute atomic E-state index is 13.2. The van der Waals surface area contributed by atoms with Gasteiger partial charge in [-0.25, -0.2) is 4.39 Å². The summed E-state index contributed by atoms with van der Waals surface area (Å²) in [6.45, 7) is 3.88. The first-order chi connectivity index (χ1) is 8.45. The maximum Gasteiger partial charge on any atom is 0.251 e. The van der Waals surface area contributed by atoms with Gasteiger partial charge in [-0.15, -0.1) is 0 Å². The van der Waals surface area contributed by atoms with Gasteiger partial charge in [-0.1, -0.05) is 13.8 Å². The smallest absolute Gasteiger partial charge is 0.251 e. The number of halogens is 1. The summed E-state index contributed by atoms with van der Waals surface area (Å²) in [6.07, 6.45) is -0.601. The summed E-state index contributed by atoms with van der Waals surface area (Å²) in [5.41, 5.74) is 0.296. The van der Waals surface area contributed by atoms with Gasteiger partial charge in [0.1, 0.15) is 0 Å². The van der Waals surface area contributed by atoms with E-state index >= 15 is 0 Å². The van der Waals surface area contributed by atoms with Crippen LogP contribution in [0.15, 0.2) is 18.2 Å². The molecular weight excluding hydrogens is 237 g/mol. The monoisotopic (exact) mass is 255 g/mol. The van der Waals surface area contributed by atoms with E-state index in [1.54, 1.807) is 0 Å². The Kier molecular flexibility index (Phi) is 5.09. The molecular formula is C13H18FNO3. The molecule has 2 N–H and O–H groups in total. The quantitative estimate of drug-likeness (QED) is 0.840. The minimum Gasteiger partial charge on any atom is -0.494 e. The maximum atomic E-state index is 13.2. The predicted octanol–water partition coefficient (Wildman–Crippen LogP) is 1.58. The second-order valence-corrected chi connectivity index (χ2v) is 4.37. The highest BCUT2D eigenvalue weighted by molar-refractivity contribution is 5.94. The van der Waals surface area contributed by atoms with Crippen LogP contribution in [0, 0.1) is 11.7 Å². The van der Waals surface area contributed by atoms with Gasteiger partial charge in [0.15, 0.2) is 11.6 Å². The van der Waals surface area contributed by atoms with Gasteiger partial charge in [-0.05, 0) is 24.1 Å². The van der Waals surface area contributed by atoms with Gasteiger partial charge in [0.05, 0.1) is 13.2 Å². The predicted molar refractivity (Wildman–Crippen MR) is 66.1 cm³/mol. The molecule has 0 saturated carbocycles. The molecule has 1 aromatic rings. The number of carbonyl (C=O) groups is 1. The molecule has 100 valence electrons. The van der Waals surface area contributed by atoms with E-state index in [4.69, 9.17) is 4.74 Å². The summed E-state index contributed by atoms with van der Waals surface area (Å²) < 4.78 is 18.0. The van der Waals surface area contributed by atoms with E-state index in [0.29, 0.717) is 5.56 Å². The highest BCUT2D eigenvalue weighted by atomic mass is 19.1. The number of aliphatic hydroxyl groups excluding tert-OH is 1. The van der Waals surface area contributed by atoms with Crippen molar-refractivity contribution in [3.63, 3.8) is 0 Å². The molecule has 0 heterocycles. The van der Waals surface area contributed by atoms with Crippen LogP contribution < -0.4 is 10.1 Å². The Bertz CT molecular complexity index is 421. The molecule has 0 aliphatic rings. The van der Waals surface area contributed by atoms with Crippen molar-refractivity contribution in [1.82, 2.24) is 5.32 Å². The van der Waals surface area contributed by atoms with Gasteiger partial charge in [0, 0.05) is 12.1 Å². The third-order valence-corrected chi connectivity index (χ3v) is 2.65. The first-order valence-electron chi connectivity index (χ1n) is 5.75. The number of hydrogen-bond acceptors (Lipinski definition) is 3. The van der Waals surface area contributed by atoms with E-state index in [1.165, 1.54) is 25.3 Å². The molecule has 18 heavy (non-hydrogen) atoms. The molecule has 0 aliphatic heterocycles.